The number of carbonyl (C=O) groups excluding carboxylic acids is 1. The number of nitrogens with zero attached hydrogens (tertiary/aromatic N) is 2. The topological polar surface area (TPSA) is 44.1 Å². The van der Waals surface area contributed by atoms with Crippen molar-refractivity contribution in [3.05, 3.63) is 21.9 Å². The highest BCUT2D eigenvalue weighted by atomic mass is 32.1. The lowest BCUT2D eigenvalue weighted by Gasteiger charge is -2.36. The Hall–Kier alpha value is -1.34. The molecule has 0 saturated heterocycles. The van der Waals surface area contributed by atoms with Gasteiger partial charge in [-0.25, -0.2) is 0 Å². The van der Waals surface area contributed by atoms with E-state index in [4.69, 9.17) is 5.26 Å². The van der Waals surface area contributed by atoms with Crippen molar-refractivity contribution in [2.75, 3.05) is 13.6 Å². The molecule has 0 atom stereocenters. The molecule has 1 heterocycles. The summed E-state index contributed by atoms with van der Waals surface area (Å²) < 4.78 is 0. The third kappa shape index (κ3) is 2.28. The van der Waals surface area contributed by atoms with E-state index in [1.54, 1.807) is 16.2 Å². The molecule has 1 aliphatic carbocycles. The van der Waals surface area contributed by atoms with Gasteiger partial charge in [-0.2, -0.15) is 5.26 Å². The van der Waals surface area contributed by atoms with Gasteiger partial charge in [-0.1, -0.05) is 0 Å². The van der Waals surface area contributed by atoms with Gasteiger partial charge in [0, 0.05) is 18.5 Å². The summed E-state index contributed by atoms with van der Waals surface area (Å²) in [7, 11) is 1.81. The summed E-state index contributed by atoms with van der Waals surface area (Å²) in [5.74, 6) is 0.00505. The molecular weight excluding hydrogens is 244 g/mol. The molecule has 3 nitrogen and oxygen atoms in total. The predicted molar refractivity (Wildman–Crippen MR) is 72.3 cm³/mol. The lowest BCUT2D eigenvalue weighted by Crippen LogP contribution is -2.46. The van der Waals surface area contributed by atoms with Crippen LogP contribution in [0.5, 0.6) is 0 Å². The van der Waals surface area contributed by atoms with Gasteiger partial charge in [0.05, 0.1) is 6.07 Å². The van der Waals surface area contributed by atoms with E-state index in [1.807, 2.05) is 7.05 Å². The minimum Gasteiger partial charge on any atom is -0.344 e. The minimum atomic E-state index is -0.709. The molecule has 0 N–H and O–H groups in total. The van der Waals surface area contributed by atoms with Crippen molar-refractivity contribution in [3.8, 4) is 6.07 Å². The number of carbonyl (C=O) groups is 1. The molecule has 1 amide bonds. The normalized spacial score (nSPS) is 16.7. The van der Waals surface area contributed by atoms with E-state index < -0.39 is 5.41 Å². The fourth-order valence-electron chi connectivity index (χ4n) is 2.30. The Morgan fingerprint density at radius 1 is 1.61 bits per heavy atom. The maximum atomic E-state index is 12.2. The van der Waals surface area contributed by atoms with Crippen LogP contribution in [-0.4, -0.2) is 24.4 Å². The summed E-state index contributed by atoms with van der Waals surface area (Å²) in [5.41, 5.74) is 0.582. The molecular formula is C14H18N2OS. The van der Waals surface area contributed by atoms with Gasteiger partial charge < -0.3 is 4.90 Å². The van der Waals surface area contributed by atoms with Crippen LogP contribution in [0.3, 0.4) is 0 Å². The number of likely N-dealkylation sites (N-methyl/N-ethyl adjacent to an activating group) is 1. The molecule has 0 bridgehead atoms. The summed E-state index contributed by atoms with van der Waals surface area (Å²) in [6, 6.07) is 4.31. The van der Waals surface area contributed by atoms with Gasteiger partial charge in [-0.3, -0.25) is 4.79 Å². The molecule has 96 valence electrons. The SMILES string of the molecule is Cc1ccsc1CCN(C)C(=O)C1(C#N)CCC1. The molecule has 1 aromatic heterocycles. The highest BCUT2D eigenvalue weighted by molar-refractivity contribution is 7.10. The monoisotopic (exact) mass is 262 g/mol. The highest BCUT2D eigenvalue weighted by Crippen LogP contribution is 2.41. The summed E-state index contributed by atoms with van der Waals surface area (Å²) >= 11 is 1.73. The van der Waals surface area contributed by atoms with Gasteiger partial charge in [0.1, 0.15) is 5.41 Å². The Morgan fingerprint density at radius 3 is 2.78 bits per heavy atom. The zero-order valence-electron chi connectivity index (χ0n) is 10.9. The zero-order valence-corrected chi connectivity index (χ0v) is 11.7. The standard InChI is InChI=1S/C14H18N2OS/c1-11-5-9-18-12(11)4-8-16(2)13(17)14(10-15)6-3-7-14/h5,9H,3-4,6-8H2,1-2H3. The van der Waals surface area contributed by atoms with Crippen LogP contribution in [0.4, 0.5) is 0 Å². The van der Waals surface area contributed by atoms with Gasteiger partial charge in [-0.15, -0.1) is 11.3 Å². The largest absolute Gasteiger partial charge is 0.344 e. The van der Waals surface area contributed by atoms with E-state index in [0.717, 1.165) is 25.7 Å². The molecule has 1 aliphatic rings. The van der Waals surface area contributed by atoms with Crippen molar-refractivity contribution in [1.29, 1.82) is 5.26 Å². The van der Waals surface area contributed by atoms with Crippen molar-refractivity contribution in [2.45, 2.75) is 32.6 Å². The van der Waals surface area contributed by atoms with Gasteiger partial charge in [0.2, 0.25) is 5.91 Å². The molecule has 0 aliphatic heterocycles. The molecule has 0 unspecified atom stereocenters. The molecule has 1 aromatic rings. The first-order valence-corrected chi connectivity index (χ1v) is 7.17. The van der Waals surface area contributed by atoms with Crippen molar-refractivity contribution >= 4 is 17.2 Å². The van der Waals surface area contributed by atoms with Crippen LogP contribution in [-0.2, 0) is 11.2 Å². The predicted octanol–water partition coefficient (Wildman–Crippen LogP) is 2.75. The number of nitriles is 1. The number of hydrogen-bond acceptors (Lipinski definition) is 3. The minimum absolute atomic E-state index is 0.00505. The Morgan fingerprint density at radius 2 is 2.33 bits per heavy atom. The van der Waals surface area contributed by atoms with Gasteiger partial charge in [0.15, 0.2) is 0 Å². The van der Waals surface area contributed by atoms with E-state index >= 15 is 0 Å². The first kappa shape index (κ1) is 13.1. The average molecular weight is 262 g/mol. The van der Waals surface area contributed by atoms with E-state index in [1.165, 1.54) is 10.4 Å². The second-order valence-electron chi connectivity index (χ2n) is 5.05. The second-order valence-corrected chi connectivity index (χ2v) is 6.05. The van der Waals surface area contributed by atoms with Crippen molar-refractivity contribution < 1.29 is 4.79 Å². The van der Waals surface area contributed by atoms with Gasteiger partial charge >= 0.3 is 0 Å². The fraction of sp³-hybridized carbons (Fsp3) is 0.571. The summed E-state index contributed by atoms with van der Waals surface area (Å²) in [4.78, 5) is 15.3. The Kier molecular flexibility index (Phi) is 3.72. The molecule has 0 aromatic carbocycles. The Labute approximate surface area is 112 Å². The Balaban J connectivity index is 1.92. The molecule has 18 heavy (non-hydrogen) atoms. The molecule has 4 heteroatoms. The second kappa shape index (κ2) is 5.11. The number of aryl methyl sites for hydroxylation is 1. The van der Waals surface area contributed by atoms with Crippen LogP contribution in [0, 0.1) is 23.7 Å². The summed E-state index contributed by atoms with van der Waals surface area (Å²) in [5, 5.41) is 11.2. The summed E-state index contributed by atoms with van der Waals surface area (Å²) in [6.07, 6.45) is 3.33. The van der Waals surface area contributed by atoms with Crippen LogP contribution in [0.25, 0.3) is 0 Å². The first-order chi connectivity index (χ1) is 8.59. The van der Waals surface area contributed by atoms with Gasteiger partial charge in [-0.05, 0) is 49.6 Å². The van der Waals surface area contributed by atoms with Crippen molar-refractivity contribution in [3.63, 3.8) is 0 Å². The Bertz CT molecular complexity index is 482. The summed E-state index contributed by atoms with van der Waals surface area (Å²) in [6.45, 7) is 2.79. The lowest BCUT2D eigenvalue weighted by atomic mass is 9.69. The lowest BCUT2D eigenvalue weighted by molar-refractivity contribution is -0.141. The zero-order chi connectivity index (χ0) is 13.2. The van der Waals surface area contributed by atoms with Crippen molar-refractivity contribution in [1.82, 2.24) is 4.90 Å². The molecule has 0 spiro atoms. The van der Waals surface area contributed by atoms with E-state index in [0.29, 0.717) is 6.54 Å². The van der Waals surface area contributed by atoms with Crippen LogP contribution >= 0.6 is 11.3 Å². The van der Waals surface area contributed by atoms with Crippen molar-refractivity contribution in [2.24, 2.45) is 5.41 Å². The van der Waals surface area contributed by atoms with E-state index in [-0.39, 0.29) is 5.91 Å². The van der Waals surface area contributed by atoms with Crippen LogP contribution in [0.2, 0.25) is 0 Å². The van der Waals surface area contributed by atoms with Crippen LogP contribution in [0.1, 0.15) is 29.7 Å². The third-order valence-electron chi connectivity index (χ3n) is 3.82. The van der Waals surface area contributed by atoms with E-state index in [2.05, 4.69) is 24.4 Å². The third-order valence-corrected chi connectivity index (χ3v) is 4.90. The highest BCUT2D eigenvalue weighted by Gasteiger charge is 2.45. The number of thiophene rings is 1. The fourth-order valence-corrected chi connectivity index (χ4v) is 3.20. The quantitative estimate of drug-likeness (QED) is 0.837. The van der Waals surface area contributed by atoms with E-state index in [9.17, 15) is 4.79 Å². The number of hydrogen-bond donors (Lipinski definition) is 0. The smallest absolute Gasteiger partial charge is 0.242 e. The first-order valence-electron chi connectivity index (χ1n) is 6.29. The number of rotatable bonds is 4. The molecule has 1 saturated carbocycles. The average Bonchev–Trinajstić information content (AvgIpc) is 2.71. The maximum absolute atomic E-state index is 12.2. The van der Waals surface area contributed by atoms with Gasteiger partial charge in [0.25, 0.3) is 0 Å². The van der Waals surface area contributed by atoms with Crippen LogP contribution in [0.15, 0.2) is 11.4 Å². The molecule has 2 rings (SSSR count). The molecule has 1 fully saturated rings. The number of amides is 1. The molecule has 0 radical (unpaired) electrons. The maximum Gasteiger partial charge on any atom is 0.242 e. The van der Waals surface area contributed by atoms with Crippen LogP contribution < -0.4 is 0 Å².